The molecule has 0 fully saturated rings. The van der Waals surface area contributed by atoms with Crippen molar-refractivity contribution in [1.29, 1.82) is 0 Å². The predicted molar refractivity (Wildman–Crippen MR) is 27.9 cm³/mol. The normalized spacial score (nSPS) is 13.8. The summed E-state index contributed by atoms with van der Waals surface area (Å²) in [7, 11) is 0. The Morgan fingerprint density at radius 1 is 1.20 bits per heavy atom. The molecule has 1 amide bonds. The first kappa shape index (κ1) is 5.10. The molecule has 1 aliphatic rings. The summed E-state index contributed by atoms with van der Waals surface area (Å²) in [4.78, 5) is 14.0. The number of amides is 1. The van der Waals surface area contributed by atoms with E-state index in [0.29, 0.717) is 5.35 Å². The second kappa shape index (κ2) is 1.63. The van der Waals surface area contributed by atoms with Gasteiger partial charge in [0, 0.05) is 6.08 Å². The van der Waals surface area contributed by atoms with Crippen LogP contribution in [0, 0.1) is 0 Å². The molecule has 0 radical (unpaired) electrons. The molecule has 6 heteroatoms. The summed E-state index contributed by atoms with van der Waals surface area (Å²) in [5.74, 6) is -0.357. The molecule has 0 N–H and O–H groups in total. The Labute approximate surface area is 54.3 Å². The highest BCUT2D eigenvalue weighted by atomic mass is 16.1. The van der Waals surface area contributed by atoms with Gasteiger partial charge in [-0.25, -0.2) is 0 Å². The molecule has 0 aromatic carbocycles. The third-order valence-corrected chi connectivity index (χ3v) is 1.04. The Kier molecular flexibility index (Phi) is 0.830. The van der Waals surface area contributed by atoms with Gasteiger partial charge >= 0.3 is 0 Å². The summed E-state index contributed by atoms with van der Waals surface area (Å²) in [6.07, 6.45) is 1.26. The van der Waals surface area contributed by atoms with E-state index in [1.54, 1.807) is 0 Å². The van der Waals surface area contributed by atoms with Crippen LogP contribution >= 0.6 is 0 Å². The minimum absolute atomic E-state index is 0.250. The topological polar surface area (TPSA) is 81.0 Å². The van der Waals surface area contributed by atoms with Crippen LogP contribution in [0.15, 0.2) is 4.99 Å². The summed E-state index contributed by atoms with van der Waals surface area (Å²) in [6.45, 7) is 0. The Balaban J connectivity index is 2.96. The second-order valence-electron chi connectivity index (χ2n) is 1.68. The summed E-state index contributed by atoms with van der Waals surface area (Å²) in [5, 5.41) is 13.8. The maximum absolute atomic E-state index is 10.5. The lowest BCUT2D eigenvalue weighted by Gasteiger charge is -1.73. The van der Waals surface area contributed by atoms with Crippen LogP contribution in [-0.4, -0.2) is 26.5 Å². The smallest absolute Gasteiger partial charge is 0.267 e. The molecule has 1 aliphatic heterocycles. The average molecular weight is 135 g/mol. The van der Waals surface area contributed by atoms with Crippen molar-refractivity contribution in [3.8, 4) is 0 Å². The van der Waals surface area contributed by atoms with Crippen LogP contribution in [-0.2, 0) is 4.79 Å². The van der Waals surface area contributed by atoms with E-state index in [9.17, 15) is 4.79 Å². The molecule has 0 saturated heterocycles. The molecule has 2 rings (SSSR count). The zero-order chi connectivity index (χ0) is 6.97. The van der Waals surface area contributed by atoms with Crippen LogP contribution < -0.4 is 10.8 Å². The van der Waals surface area contributed by atoms with Crippen LogP contribution in [0.4, 0.5) is 0 Å². The fourth-order valence-corrected chi connectivity index (χ4v) is 0.653. The summed E-state index contributed by atoms with van der Waals surface area (Å²) in [5.41, 5.74) is 0.250. The standard InChI is InChI=1S/C4HN5O/c10-3-1-2-4(5-3)7-9-8-6-2/h1H. The zero-order valence-corrected chi connectivity index (χ0v) is 4.72. The quantitative estimate of drug-likeness (QED) is 0.384. The predicted octanol–water partition coefficient (Wildman–Crippen LogP) is -2.79. The number of carbonyl (C=O) groups excluding carboxylic acids is 1. The maximum atomic E-state index is 10.5. The summed E-state index contributed by atoms with van der Waals surface area (Å²) in [6, 6.07) is 0. The number of aromatic nitrogens is 4. The minimum atomic E-state index is -0.357. The highest BCUT2D eigenvalue weighted by Crippen LogP contribution is 1.75. The van der Waals surface area contributed by atoms with Crippen LogP contribution in [0.3, 0.4) is 0 Å². The van der Waals surface area contributed by atoms with E-state index in [1.165, 1.54) is 6.08 Å². The number of nitrogens with zero attached hydrogens (tertiary/aromatic N) is 5. The van der Waals surface area contributed by atoms with E-state index in [1.807, 2.05) is 0 Å². The maximum Gasteiger partial charge on any atom is 0.274 e. The molecule has 2 heterocycles. The Morgan fingerprint density at radius 2 is 2.00 bits per heavy atom. The van der Waals surface area contributed by atoms with Crippen LogP contribution in [0.5, 0.6) is 0 Å². The zero-order valence-electron chi connectivity index (χ0n) is 4.72. The fraction of sp³-hybridized carbons (Fsp3) is 0. The molecule has 6 nitrogen and oxygen atoms in total. The number of fused-ring (bicyclic) bond motifs is 1. The number of hydrogen-bond acceptors (Lipinski definition) is 5. The molecule has 48 valence electrons. The largest absolute Gasteiger partial charge is 0.274 e. The van der Waals surface area contributed by atoms with Crippen molar-refractivity contribution in [2.75, 3.05) is 0 Å². The highest BCUT2D eigenvalue weighted by Gasteiger charge is 2.04. The lowest BCUT2D eigenvalue weighted by Crippen LogP contribution is -2.30. The van der Waals surface area contributed by atoms with E-state index in [2.05, 4.69) is 25.6 Å². The van der Waals surface area contributed by atoms with Crippen molar-refractivity contribution in [2.45, 2.75) is 0 Å². The molecule has 0 bridgehead atoms. The first-order chi connectivity index (χ1) is 4.86. The van der Waals surface area contributed by atoms with E-state index < -0.39 is 0 Å². The van der Waals surface area contributed by atoms with E-state index >= 15 is 0 Å². The second-order valence-corrected chi connectivity index (χ2v) is 1.68. The molecule has 1 aromatic rings. The van der Waals surface area contributed by atoms with Crippen LogP contribution in [0.2, 0.25) is 0 Å². The molecule has 0 aliphatic carbocycles. The van der Waals surface area contributed by atoms with Crippen molar-refractivity contribution < 1.29 is 4.79 Å². The van der Waals surface area contributed by atoms with E-state index in [4.69, 9.17) is 0 Å². The minimum Gasteiger partial charge on any atom is -0.267 e. The van der Waals surface area contributed by atoms with Gasteiger partial charge in [0.2, 0.25) is 5.49 Å². The third-order valence-electron chi connectivity index (χ3n) is 1.04. The molecule has 0 atom stereocenters. The molecule has 0 unspecified atom stereocenters. The van der Waals surface area contributed by atoms with Crippen molar-refractivity contribution in [3.05, 3.63) is 10.8 Å². The van der Waals surface area contributed by atoms with Crippen LogP contribution in [0.1, 0.15) is 0 Å². The Morgan fingerprint density at radius 3 is 2.80 bits per heavy atom. The van der Waals surface area contributed by atoms with Gasteiger partial charge in [0.05, 0.1) is 0 Å². The van der Waals surface area contributed by atoms with Gasteiger partial charge in [-0.15, -0.1) is 10.2 Å². The Bertz CT molecular complexity index is 359. The molecule has 0 spiro atoms. The molecule has 1 aromatic heterocycles. The van der Waals surface area contributed by atoms with Crippen molar-refractivity contribution in [2.24, 2.45) is 4.99 Å². The SMILES string of the molecule is O=C1C=c2nnnnc2=N1. The Hall–Kier alpha value is -1.72. The van der Waals surface area contributed by atoms with Gasteiger partial charge in [0.25, 0.3) is 5.91 Å². The molecule has 0 saturated carbocycles. The van der Waals surface area contributed by atoms with Gasteiger partial charge in [-0.05, 0) is 10.4 Å². The monoisotopic (exact) mass is 135 g/mol. The molecule has 10 heavy (non-hydrogen) atoms. The van der Waals surface area contributed by atoms with Gasteiger partial charge in [-0.3, -0.25) is 4.79 Å². The average Bonchev–Trinajstić information content (AvgIpc) is 2.27. The summed E-state index contributed by atoms with van der Waals surface area (Å²) >= 11 is 0. The fourth-order valence-electron chi connectivity index (χ4n) is 0.653. The van der Waals surface area contributed by atoms with Crippen molar-refractivity contribution in [1.82, 2.24) is 20.6 Å². The highest BCUT2D eigenvalue weighted by molar-refractivity contribution is 6.05. The van der Waals surface area contributed by atoms with Gasteiger partial charge < -0.3 is 0 Å². The molecular weight excluding hydrogens is 134 g/mol. The molecular formula is C4HN5O. The van der Waals surface area contributed by atoms with Gasteiger partial charge in [-0.1, -0.05) is 0 Å². The lowest BCUT2D eigenvalue weighted by molar-refractivity contribution is -0.112. The van der Waals surface area contributed by atoms with Gasteiger partial charge in [0.15, 0.2) is 0 Å². The number of carbonyl (C=O) groups is 1. The lowest BCUT2D eigenvalue weighted by atomic mass is 10.6. The van der Waals surface area contributed by atoms with Gasteiger partial charge in [0.1, 0.15) is 5.35 Å². The number of hydrogen-bond donors (Lipinski definition) is 0. The summed E-state index contributed by atoms with van der Waals surface area (Å²) < 4.78 is 0. The first-order valence-corrected chi connectivity index (χ1v) is 2.53. The first-order valence-electron chi connectivity index (χ1n) is 2.53. The number of rotatable bonds is 0. The van der Waals surface area contributed by atoms with E-state index in [0.717, 1.165) is 0 Å². The van der Waals surface area contributed by atoms with Crippen molar-refractivity contribution in [3.63, 3.8) is 0 Å². The van der Waals surface area contributed by atoms with E-state index in [-0.39, 0.29) is 11.4 Å². The van der Waals surface area contributed by atoms with Crippen molar-refractivity contribution >= 4 is 12.0 Å². The van der Waals surface area contributed by atoms with Crippen LogP contribution in [0.25, 0.3) is 6.08 Å². The third kappa shape index (κ3) is 0.586. The van der Waals surface area contributed by atoms with Gasteiger partial charge in [-0.2, -0.15) is 4.99 Å².